The molecule has 0 aliphatic heterocycles. The number of nitrogens with one attached hydrogen (secondary N) is 3. The van der Waals surface area contributed by atoms with Crippen LogP contribution in [0.5, 0.6) is 0 Å². The maximum Gasteiger partial charge on any atom is 0.355 e. The van der Waals surface area contributed by atoms with E-state index in [1.54, 1.807) is 6.92 Å². The summed E-state index contributed by atoms with van der Waals surface area (Å²) in [6.07, 6.45) is 1.50. The summed E-state index contributed by atoms with van der Waals surface area (Å²) in [6, 6.07) is 15.3. The van der Waals surface area contributed by atoms with E-state index >= 15 is 0 Å². The SMILES string of the molecule is C[C@@H](C[C@@H](CCc1ccc(-c2cccc(Cl)c2)cc1)NC(=O)/C(N)=[NH+]/NN)C(=O)O. The summed E-state index contributed by atoms with van der Waals surface area (Å²) in [5.74, 6) is 2.81. The number of hydrogen-bond acceptors (Lipinski definition) is 4. The number of carbonyl (C=O) groups excluding carboxylic acids is 1. The van der Waals surface area contributed by atoms with E-state index in [0.717, 1.165) is 16.7 Å². The Morgan fingerprint density at radius 3 is 2.47 bits per heavy atom. The van der Waals surface area contributed by atoms with Crippen molar-refractivity contribution >= 4 is 29.3 Å². The molecule has 0 aromatic heterocycles. The summed E-state index contributed by atoms with van der Waals surface area (Å²) >= 11 is 6.06. The molecule has 160 valence electrons. The Morgan fingerprint density at radius 2 is 1.87 bits per heavy atom. The molecule has 2 atom stereocenters. The third-order valence-electron chi connectivity index (χ3n) is 4.74. The molecule has 0 spiro atoms. The van der Waals surface area contributed by atoms with Gasteiger partial charge in [-0.3, -0.25) is 15.3 Å². The summed E-state index contributed by atoms with van der Waals surface area (Å²) < 4.78 is 0. The van der Waals surface area contributed by atoms with Crippen molar-refractivity contribution in [1.82, 2.24) is 10.9 Å². The molecule has 30 heavy (non-hydrogen) atoms. The Labute approximate surface area is 180 Å². The number of benzene rings is 2. The van der Waals surface area contributed by atoms with Crippen molar-refractivity contribution < 1.29 is 19.8 Å². The second kappa shape index (κ2) is 11.2. The van der Waals surface area contributed by atoms with Crippen molar-refractivity contribution in [3.8, 4) is 11.1 Å². The number of amides is 1. The molecule has 2 aromatic carbocycles. The Hall–Kier alpha value is -3.10. The normalized spacial score (nSPS) is 13.4. The minimum absolute atomic E-state index is 0.198. The number of halogens is 1. The highest BCUT2D eigenvalue weighted by molar-refractivity contribution is 6.34. The van der Waals surface area contributed by atoms with Crippen LogP contribution in [-0.2, 0) is 16.0 Å². The van der Waals surface area contributed by atoms with E-state index in [9.17, 15) is 14.7 Å². The van der Waals surface area contributed by atoms with Gasteiger partial charge in [-0.2, -0.15) is 10.6 Å². The van der Waals surface area contributed by atoms with Crippen LogP contribution in [0.1, 0.15) is 25.3 Å². The van der Waals surface area contributed by atoms with E-state index in [1.807, 2.05) is 48.5 Å². The van der Waals surface area contributed by atoms with E-state index < -0.39 is 17.8 Å². The van der Waals surface area contributed by atoms with Crippen molar-refractivity contribution in [3.05, 3.63) is 59.1 Å². The van der Waals surface area contributed by atoms with Crippen molar-refractivity contribution in [2.24, 2.45) is 17.5 Å². The number of hydrazone groups is 1. The fourth-order valence-electron chi connectivity index (χ4n) is 3.05. The number of amidine groups is 1. The zero-order valence-corrected chi connectivity index (χ0v) is 17.4. The van der Waals surface area contributed by atoms with Crippen LogP contribution in [0.4, 0.5) is 0 Å². The molecule has 0 aliphatic carbocycles. The van der Waals surface area contributed by atoms with Gasteiger partial charge in [-0.1, -0.05) is 54.9 Å². The maximum absolute atomic E-state index is 12.1. The summed E-state index contributed by atoms with van der Waals surface area (Å²) in [4.78, 5) is 23.4. The lowest BCUT2D eigenvalue weighted by atomic mass is 9.95. The van der Waals surface area contributed by atoms with Crippen LogP contribution in [0.2, 0.25) is 5.02 Å². The number of aliphatic carboxylic acids is 1. The largest absolute Gasteiger partial charge is 0.481 e. The van der Waals surface area contributed by atoms with Gasteiger partial charge < -0.3 is 10.4 Å². The lowest BCUT2D eigenvalue weighted by Gasteiger charge is -2.20. The monoisotopic (exact) mass is 432 g/mol. The fourth-order valence-corrected chi connectivity index (χ4v) is 3.24. The molecular formula is C21H27ClN5O3+. The first-order valence-electron chi connectivity index (χ1n) is 9.52. The van der Waals surface area contributed by atoms with Crippen LogP contribution in [0.25, 0.3) is 11.1 Å². The van der Waals surface area contributed by atoms with Gasteiger partial charge in [-0.15, -0.1) is 0 Å². The summed E-state index contributed by atoms with van der Waals surface area (Å²) in [7, 11) is 0. The predicted molar refractivity (Wildman–Crippen MR) is 116 cm³/mol. The highest BCUT2D eigenvalue weighted by Gasteiger charge is 2.23. The van der Waals surface area contributed by atoms with Crippen molar-refractivity contribution in [1.29, 1.82) is 0 Å². The molecule has 2 aromatic rings. The number of carbonyl (C=O) groups is 2. The average molecular weight is 433 g/mol. The van der Waals surface area contributed by atoms with Gasteiger partial charge in [-0.25, -0.2) is 5.84 Å². The molecule has 0 bridgehead atoms. The molecule has 0 radical (unpaired) electrons. The number of carboxylic acid groups (broad SMARTS) is 1. The molecule has 0 aliphatic rings. The van der Waals surface area contributed by atoms with Crippen LogP contribution < -0.4 is 27.5 Å². The first-order chi connectivity index (χ1) is 14.3. The third kappa shape index (κ3) is 7.06. The van der Waals surface area contributed by atoms with Crippen LogP contribution in [-0.4, -0.2) is 28.9 Å². The Kier molecular flexibility index (Phi) is 8.64. The molecule has 8 nitrogen and oxygen atoms in total. The number of nitrogens with two attached hydrogens (primary N) is 2. The fraction of sp³-hybridized carbons (Fsp3) is 0.286. The minimum Gasteiger partial charge on any atom is -0.481 e. The highest BCUT2D eigenvalue weighted by Crippen LogP contribution is 2.23. The van der Waals surface area contributed by atoms with Crippen LogP contribution >= 0.6 is 11.6 Å². The molecular weight excluding hydrogens is 406 g/mol. The zero-order valence-electron chi connectivity index (χ0n) is 16.7. The lowest BCUT2D eigenvalue weighted by molar-refractivity contribution is -0.528. The van der Waals surface area contributed by atoms with E-state index in [1.165, 1.54) is 0 Å². The smallest absolute Gasteiger partial charge is 0.355 e. The first kappa shape index (κ1) is 23.2. The van der Waals surface area contributed by atoms with E-state index in [4.69, 9.17) is 23.2 Å². The van der Waals surface area contributed by atoms with Crippen LogP contribution in [0.3, 0.4) is 0 Å². The third-order valence-corrected chi connectivity index (χ3v) is 4.97. The van der Waals surface area contributed by atoms with Gasteiger partial charge in [0, 0.05) is 11.1 Å². The second-order valence-electron chi connectivity index (χ2n) is 7.07. The van der Waals surface area contributed by atoms with Crippen LogP contribution in [0, 0.1) is 5.92 Å². The molecule has 2 rings (SSSR count). The van der Waals surface area contributed by atoms with Gasteiger partial charge in [0.1, 0.15) is 0 Å². The van der Waals surface area contributed by atoms with Crippen molar-refractivity contribution in [3.63, 3.8) is 0 Å². The standard InChI is InChI=1S/C21H26ClN5O3/c1-13(21(29)30)11-18(25-20(28)19(23)26-27-24)10-7-14-5-8-15(9-6-14)16-3-2-4-17(22)12-16/h2-6,8-9,12-13,18,27H,7,10-11,24H2,1H3,(H2,23,26)(H,25,28)(H,29,30)/p+1/t13-,18+/m0/s1. The van der Waals surface area contributed by atoms with E-state index in [2.05, 4.69) is 16.0 Å². The van der Waals surface area contributed by atoms with Gasteiger partial charge in [0.15, 0.2) is 0 Å². The molecule has 9 heteroatoms. The highest BCUT2D eigenvalue weighted by atomic mass is 35.5. The van der Waals surface area contributed by atoms with Gasteiger partial charge in [-0.05, 0) is 48.1 Å². The number of rotatable bonds is 9. The first-order valence-corrected chi connectivity index (χ1v) is 9.90. The Balaban J connectivity index is 2.05. The Bertz CT molecular complexity index is 902. The maximum atomic E-state index is 12.1. The number of carboxylic acids is 1. The molecule has 0 saturated carbocycles. The van der Waals surface area contributed by atoms with Gasteiger partial charge in [0.25, 0.3) is 0 Å². The topological polar surface area (TPSA) is 144 Å². The quantitative estimate of drug-likeness (QED) is 0.146. The van der Waals surface area contributed by atoms with Crippen molar-refractivity contribution in [2.45, 2.75) is 32.2 Å². The van der Waals surface area contributed by atoms with Crippen molar-refractivity contribution in [2.75, 3.05) is 0 Å². The minimum atomic E-state index is -0.918. The molecule has 1 amide bonds. The second-order valence-corrected chi connectivity index (χ2v) is 7.51. The van der Waals surface area contributed by atoms with Gasteiger partial charge in [0.05, 0.1) is 5.92 Å². The number of hydrogen-bond donors (Lipinski definition) is 6. The summed E-state index contributed by atoms with van der Waals surface area (Å²) in [5.41, 5.74) is 10.8. The van der Waals surface area contributed by atoms with Crippen LogP contribution in [0.15, 0.2) is 48.5 Å². The number of aryl methyl sites for hydroxylation is 1. The zero-order chi connectivity index (χ0) is 22.1. The summed E-state index contributed by atoms with van der Waals surface area (Å²) in [5, 5.41) is 15.0. The van der Waals surface area contributed by atoms with Gasteiger partial charge in [0.2, 0.25) is 0 Å². The molecule has 0 saturated heterocycles. The van der Waals surface area contributed by atoms with E-state index in [-0.39, 0.29) is 18.3 Å². The molecule has 0 unspecified atom stereocenters. The molecule has 0 heterocycles. The summed E-state index contributed by atoms with van der Waals surface area (Å²) in [6.45, 7) is 1.61. The number of hydrazine groups is 2. The average Bonchev–Trinajstić information content (AvgIpc) is 2.72. The predicted octanol–water partition coefficient (Wildman–Crippen LogP) is 0.351. The molecule has 0 fully saturated rings. The van der Waals surface area contributed by atoms with Gasteiger partial charge >= 0.3 is 17.7 Å². The lowest BCUT2D eigenvalue weighted by Crippen LogP contribution is -2.89. The molecule has 8 N–H and O–H groups in total. The Morgan fingerprint density at radius 1 is 1.17 bits per heavy atom. The van der Waals surface area contributed by atoms with E-state index in [0.29, 0.717) is 17.9 Å².